The van der Waals surface area contributed by atoms with E-state index in [9.17, 15) is 9.59 Å². The lowest BCUT2D eigenvalue weighted by Crippen LogP contribution is -2.36. The maximum atomic E-state index is 11.6. The normalized spacial score (nSPS) is 23.9. The second-order valence-corrected chi connectivity index (χ2v) is 6.35. The van der Waals surface area contributed by atoms with Crippen LogP contribution in [-0.2, 0) is 9.59 Å². The molecule has 0 unspecified atom stereocenters. The van der Waals surface area contributed by atoms with E-state index < -0.39 is 5.97 Å². The fourth-order valence-corrected chi connectivity index (χ4v) is 2.40. The van der Waals surface area contributed by atoms with Crippen LogP contribution < -0.4 is 11.1 Å². The smallest absolute Gasteiger partial charge is 0.306 e. The Morgan fingerprint density at radius 3 is 2.32 bits per heavy atom. The quantitative estimate of drug-likeness (QED) is 0.682. The summed E-state index contributed by atoms with van der Waals surface area (Å²) in [6, 6.07) is 0. The fraction of sp³-hybridized carbons (Fsp3) is 0.857. The minimum Gasteiger partial charge on any atom is -0.481 e. The molecule has 110 valence electrons. The number of carboxylic acid groups (broad SMARTS) is 1. The molecule has 5 nitrogen and oxygen atoms in total. The van der Waals surface area contributed by atoms with E-state index in [1.807, 2.05) is 13.8 Å². The zero-order chi connectivity index (χ0) is 14.5. The SMILES string of the molecule is CC(C)(N)CCC(=O)NCC1CCC(C(=O)O)CC1. The van der Waals surface area contributed by atoms with Crippen molar-refractivity contribution in [3.05, 3.63) is 0 Å². The Labute approximate surface area is 114 Å². The molecule has 19 heavy (non-hydrogen) atoms. The van der Waals surface area contributed by atoms with Crippen molar-refractivity contribution in [1.82, 2.24) is 5.32 Å². The summed E-state index contributed by atoms with van der Waals surface area (Å²) in [4.78, 5) is 22.5. The number of nitrogens with one attached hydrogen (secondary N) is 1. The predicted molar refractivity (Wildman–Crippen MR) is 73.6 cm³/mol. The second kappa shape index (κ2) is 6.89. The van der Waals surface area contributed by atoms with Crippen molar-refractivity contribution in [2.75, 3.05) is 6.54 Å². The third-order valence-electron chi connectivity index (χ3n) is 3.78. The summed E-state index contributed by atoms with van der Waals surface area (Å²) in [7, 11) is 0. The van der Waals surface area contributed by atoms with Gasteiger partial charge in [-0.25, -0.2) is 0 Å². The van der Waals surface area contributed by atoms with E-state index in [1.165, 1.54) is 0 Å². The molecule has 1 amide bonds. The van der Waals surface area contributed by atoms with Crippen LogP contribution in [0.4, 0.5) is 0 Å². The molecule has 5 heteroatoms. The van der Waals surface area contributed by atoms with Crippen LogP contribution in [0.25, 0.3) is 0 Å². The van der Waals surface area contributed by atoms with Gasteiger partial charge in [0.25, 0.3) is 0 Å². The molecule has 1 saturated carbocycles. The first-order valence-electron chi connectivity index (χ1n) is 7.06. The van der Waals surface area contributed by atoms with Gasteiger partial charge in [0.2, 0.25) is 5.91 Å². The van der Waals surface area contributed by atoms with Crippen LogP contribution in [0.2, 0.25) is 0 Å². The molecule has 0 aromatic rings. The van der Waals surface area contributed by atoms with Crippen molar-refractivity contribution in [2.24, 2.45) is 17.6 Å². The molecule has 0 radical (unpaired) electrons. The van der Waals surface area contributed by atoms with Gasteiger partial charge in [-0.15, -0.1) is 0 Å². The molecule has 0 aliphatic heterocycles. The lowest BCUT2D eigenvalue weighted by Gasteiger charge is -2.26. The van der Waals surface area contributed by atoms with Gasteiger partial charge in [0, 0.05) is 18.5 Å². The Kier molecular flexibility index (Phi) is 5.79. The van der Waals surface area contributed by atoms with Gasteiger partial charge in [0.05, 0.1) is 5.92 Å². The Morgan fingerprint density at radius 1 is 1.26 bits per heavy atom. The highest BCUT2D eigenvalue weighted by molar-refractivity contribution is 5.75. The molecule has 0 aromatic carbocycles. The van der Waals surface area contributed by atoms with Crippen molar-refractivity contribution in [3.63, 3.8) is 0 Å². The number of hydrogen-bond donors (Lipinski definition) is 3. The van der Waals surface area contributed by atoms with Crippen LogP contribution in [0.3, 0.4) is 0 Å². The maximum absolute atomic E-state index is 11.6. The molecule has 0 saturated heterocycles. The van der Waals surface area contributed by atoms with E-state index in [0.717, 1.165) is 25.7 Å². The third kappa shape index (κ3) is 6.57. The fourth-order valence-electron chi connectivity index (χ4n) is 2.40. The van der Waals surface area contributed by atoms with E-state index in [2.05, 4.69) is 5.32 Å². The topological polar surface area (TPSA) is 92.4 Å². The molecule has 1 aliphatic carbocycles. The zero-order valence-electron chi connectivity index (χ0n) is 11.9. The Hall–Kier alpha value is -1.10. The zero-order valence-corrected chi connectivity index (χ0v) is 11.9. The summed E-state index contributed by atoms with van der Waals surface area (Å²) in [6.45, 7) is 4.48. The number of carboxylic acids is 1. The second-order valence-electron chi connectivity index (χ2n) is 6.35. The first kappa shape index (κ1) is 16.0. The van der Waals surface area contributed by atoms with E-state index in [0.29, 0.717) is 25.3 Å². The molecule has 1 fully saturated rings. The van der Waals surface area contributed by atoms with Crippen molar-refractivity contribution >= 4 is 11.9 Å². The van der Waals surface area contributed by atoms with Crippen LogP contribution in [0.15, 0.2) is 0 Å². The Bertz CT molecular complexity index is 315. The summed E-state index contributed by atoms with van der Waals surface area (Å²) in [5.74, 6) is -0.415. The molecule has 0 heterocycles. The number of carbonyl (C=O) groups excluding carboxylic acids is 1. The van der Waals surface area contributed by atoms with Gasteiger partial charge in [-0.2, -0.15) is 0 Å². The highest BCUT2D eigenvalue weighted by atomic mass is 16.4. The highest BCUT2D eigenvalue weighted by Crippen LogP contribution is 2.28. The summed E-state index contributed by atoms with van der Waals surface area (Å²) in [5, 5.41) is 11.8. The number of rotatable bonds is 6. The predicted octanol–water partition coefficient (Wildman–Crippen LogP) is 1.51. The summed E-state index contributed by atoms with van der Waals surface area (Å²) in [5.41, 5.74) is 5.52. The third-order valence-corrected chi connectivity index (χ3v) is 3.78. The maximum Gasteiger partial charge on any atom is 0.306 e. The molecular formula is C14H26N2O3. The largest absolute Gasteiger partial charge is 0.481 e. The molecular weight excluding hydrogens is 244 g/mol. The van der Waals surface area contributed by atoms with Gasteiger partial charge < -0.3 is 16.2 Å². The first-order valence-corrected chi connectivity index (χ1v) is 7.06. The molecule has 0 bridgehead atoms. The molecule has 0 atom stereocenters. The van der Waals surface area contributed by atoms with Crippen LogP contribution in [0.5, 0.6) is 0 Å². The van der Waals surface area contributed by atoms with Gasteiger partial charge in [-0.1, -0.05) is 0 Å². The minimum atomic E-state index is -0.687. The highest BCUT2D eigenvalue weighted by Gasteiger charge is 2.26. The first-order chi connectivity index (χ1) is 8.78. The lowest BCUT2D eigenvalue weighted by molar-refractivity contribution is -0.143. The summed E-state index contributed by atoms with van der Waals surface area (Å²) >= 11 is 0. The van der Waals surface area contributed by atoms with E-state index in [4.69, 9.17) is 10.8 Å². The lowest BCUT2D eigenvalue weighted by atomic mass is 9.82. The Morgan fingerprint density at radius 2 is 1.84 bits per heavy atom. The average molecular weight is 270 g/mol. The van der Waals surface area contributed by atoms with Crippen molar-refractivity contribution in [2.45, 2.75) is 57.9 Å². The van der Waals surface area contributed by atoms with Gasteiger partial charge in [0.1, 0.15) is 0 Å². The van der Waals surface area contributed by atoms with Crippen LogP contribution in [0, 0.1) is 11.8 Å². The average Bonchev–Trinajstić information content (AvgIpc) is 2.33. The van der Waals surface area contributed by atoms with Crippen LogP contribution in [-0.4, -0.2) is 29.1 Å². The number of nitrogens with two attached hydrogens (primary N) is 1. The number of carbonyl (C=O) groups is 2. The van der Waals surface area contributed by atoms with E-state index in [-0.39, 0.29) is 17.4 Å². The molecule has 1 aliphatic rings. The van der Waals surface area contributed by atoms with Crippen molar-refractivity contribution < 1.29 is 14.7 Å². The molecule has 0 spiro atoms. The van der Waals surface area contributed by atoms with Crippen LogP contribution in [0.1, 0.15) is 52.4 Å². The minimum absolute atomic E-state index is 0.0406. The number of amides is 1. The van der Waals surface area contributed by atoms with Crippen molar-refractivity contribution in [1.29, 1.82) is 0 Å². The summed E-state index contributed by atoms with van der Waals surface area (Å²) in [6.07, 6.45) is 4.36. The van der Waals surface area contributed by atoms with Gasteiger partial charge in [-0.3, -0.25) is 9.59 Å². The van der Waals surface area contributed by atoms with E-state index >= 15 is 0 Å². The van der Waals surface area contributed by atoms with E-state index in [1.54, 1.807) is 0 Å². The molecule has 0 aromatic heterocycles. The van der Waals surface area contributed by atoms with Gasteiger partial charge in [-0.05, 0) is 51.9 Å². The Balaban J connectivity index is 2.17. The number of aliphatic carboxylic acids is 1. The van der Waals surface area contributed by atoms with Crippen molar-refractivity contribution in [3.8, 4) is 0 Å². The van der Waals surface area contributed by atoms with Gasteiger partial charge in [0.15, 0.2) is 0 Å². The van der Waals surface area contributed by atoms with Crippen LogP contribution >= 0.6 is 0 Å². The standard InChI is InChI=1S/C14H26N2O3/c1-14(2,15)8-7-12(17)16-9-10-3-5-11(6-4-10)13(18)19/h10-11H,3-9,15H2,1-2H3,(H,16,17)(H,18,19). The summed E-state index contributed by atoms with van der Waals surface area (Å²) < 4.78 is 0. The molecule has 1 rings (SSSR count). The number of hydrogen-bond acceptors (Lipinski definition) is 3. The monoisotopic (exact) mass is 270 g/mol. The van der Waals surface area contributed by atoms with Gasteiger partial charge >= 0.3 is 5.97 Å². The molecule has 4 N–H and O–H groups in total.